The third-order valence-corrected chi connectivity index (χ3v) is 3.22. The molecule has 0 aliphatic heterocycles. The Hall–Kier alpha value is -2.48. The van der Waals surface area contributed by atoms with Gasteiger partial charge >= 0.3 is 5.97 Å². The molecule has 3 heterocycles. The second-order valence-electron chi connectivity index (χ2n) is 3.73. The number of hydrogen-bond donors (Lipinski definition) is 1. The van der Waals surface area contributed by atoms with Gasteiger partial charge in [-0.05, 0) is 11.4 Å². The largest absolute Gasteiger partial charge is 0.476 e. The number of carboxylic acids is 1. The van der Waals surface area contributed by atoms with Crippen LogP contribution in [0.15, 0.2) is 34.4 Å². The molecule has 0 fully saturated rings. The predicted octanol–water partition coefficient (Wildman–Crippen LogP) is 1.74. The SMILES string of the molecule is O=C(O)c1cn(Cc2coc(-c3cccs3)n2)nn1. The van der Waals surface area contributed by atoms with Gasteiger partial charge < -0.3 is 9.52 Å². The Balaban J connectivity index is 1.78. The van der Waals surface area contributed by atoms with Crippen molar-refractivity contribution in [2.24, 2.45) is 0 Å². The Morgan fingerprint density at radius 2 is 2.42 bits per heavy atom. The highest BCUT2D eigenvalue weighted by Crippen LogP contribution is 2.23. The lowest BCUT2D eigenvalue weighted by Crippen LogP contribution is -2.00. The van der Waals surface area contributed by atoms with Crippen molar-refractivity contribution >= 4 is 17.3 Å². The summed E-state index contributed by atoms with van der Waals surface area (Å²) in [5.41, 5.74) is 0.562. The summed E-state index contributed by atoms with van der Waals surface area (Å²) < 4.78 is 6.76. The number of nitrogens with zero attached hydrogens (tertiary/aromatic N) is 4. The number of oxazole rings is 1. The molecular weight excluding hydrogens is 268 g/mol. The number of thiophene rings is 1. The topological polar surface area (TPSA) is 94.0 Å². The van der Waals surface area contributed by atoms with Gasteiger partial charge in [0.1, 0.15) is 12.0 Å². The van der Waals surface area contributed by atoms with Gasteiger partial charge in [0.15, 0.2) is 5.69 Å². The van der Waals surface area contributed by atoms with Gasteiger partial charge in [0, 0.05) is 0 Å². The zero-order valence-corrected chi connectivity index (χ0v) is 10.4. The van der Waals surface area contributed by atoms with E-state index in [2.05, 4.69) is 15.3 Å². The molecule has 19 heavy (non-hydrogen) atoms. The first-order valence-corrected chi connectivity index (χ1v) is 6.22. The molecule has 0 atom stereocenters. The fourth-order valence-electron chi connectivity index (χ4n) is 1.53. The lowest BCUT2D eigenvalue weighted by Gasteiger charge is -1.93. The monoisotopic (exact) mass is 276 g/mol. The van der Waals surface area contributed by atoms with E-state index >= 15 is 0 Å². The lowest BCUT2D eigenvalue weighted by atomic mass is 10.4. The predicted molar refractivity (Wildman–Crippen MR) is 65.9 cm³/mol. The molecule has 3 aromatic heterocycles. The third-order valence-electron chi connectivity index (χ3n) is 2.37. The normalized spacial score (nSPS) is 10.7. The summed E-state index contributed by atoms with van der Waals surface area (Å²) in [6.45, 7) is 0.315. The highest BCUT2D eigenvalue weighted by Gasteiger charge is 2.11. The number of hydrogen-bond acceptors (Lipinski definition) is 6. The van der Waals surface area contributed by atoms with Crippen LogP contribution in [0.1, 0.15) is 16.2 Å². The van der Waals surface area contributed by atoms with Crippen LogP contribution in [0.3, 0.4) is 0 Å². The Kier molecular flexibility index (Phi) is 2.84. The van der Waals surface area contributed by atoms with Crippen molar-refractivity contribution in [1.82, 2.24) is 20.0 Å². The second-order valence-corrected chi connectivity index (χ2v) is 4.68. The van der Waals surface area contributed by atoms with Crippen LogP contribution in [0.4, 0.5) is 0 Å². The molecule has 0 bridgehead atoms. The number of carbonyl (C=O) groups is 1. The molecule has 0 unspecified atom stereocenters. The molecule has 0 aromatic carbocycles. The summed E-state index contributed by atoms with van der Waals surface area (Å²) in [6, 6.07) is 3.83. The molecule has 8 heteroatoms. The standard InChI is InChI=1S/C11H8N4O3S/c16-11(17)8-5-15(14-13-8)4-7-6-18-10(12-7)9-2-1-3-19-9/h1-3,5-6H,4H2,(H,16,17). The third kappa shape index (κ3) is 2.38. The number of aromatic carboxylic acids is 1. The summed E-state index contributed by atoms with van der Waals surface area (Å²) in [6.07, 6.45) is 2.87. The van der Waals surface area contributed by atoms with Crippen LogP contribution in [-0.4, -0.2) is 31.1 Å². The van der Waals surface area contributed by atoms with Crippen LogP contribution in [0, 0.1) is 0 Å². The van der Waals surface area contributed by atoms with Crippen molar-refractivity contribution in [2.75, 3.05) is 0 Å². The van der Waals surface area contributed by atoms with Crippen molar-refractivity contribution in [1.29, 1.82) is 0 Å². The van der Waals surface area contributed by atoms with Crippen LogP contribution >= 0.6 is 11.3 Å². The minimum absolute atomic E-state index is 0.0954. The Bertz CT molecular complexity index is 701. The molecule has 0 aliphatic rings. The fourth-order valence-corrected chi connectivity index (χ4v) is 2.19. The molecule has 0 amide bonds. The lowest BCUT2D eigenvalue weighted by molar-refractivity contribution is 0.0690. The summed E-state index contributed by atoms with van der Waals surface area (Å²) in [5, 5.41) is 17.9. The van der Waals surface area contributed by atoms with Gasteiger partial charge in [0.05, 0.1) is 17.6 Å². The first-order valence-electron chi connectivity index (χ1n) is 5.34. The molecule has 0 aliphatic carbocycles. The van der Waals surface area contributed by atoms with Crippen molar-refractivity contribution in [3.63, 3.8) is 0 Å². The maximum absolute atomic E-state index is 10.7. The summed E-state index contributed by atoms with van der Waals surface area (Å²) >= 11 is 1.53. The summed E-state index contributed by atoms with van der Waals surface area (Å²) in [5.74, 6) is -0.561. The van der Waals surface area contributed by atoms with E-state index in [1.165, 1.54) is 28.5 Å². The van der Waals surface area contributed by atoms with E-state index in [1.54, 1.807) is 0 Å². The van der Waals surface area contributed by atoms with Crippen LogP contribution in [0.2, 0.25) is 0 Å². The van der Waals surface area contributed by atoms with E-state index in [1.807, 2.05) is 17.5 Å². The highest BCUT2D eigenvalue weighted by molar-refractivity contribution is 7.13. The van der Waals surface area contributed by atoms with Crippen molar-refractivity contribution < 1.29 is 14.3 Å². The van der Waals surface area contributed by atoms with Crippen LogP contribution in [0.5, 0.6) is 0 Å². The summed E-state index contributed by atoms with van der Waals surface area (Å²) in [7, 11) is 0. The van der Waals surface area contributed by atoms with Gasteiger partial charge in [-0.1, -0.05) is 11.3 Å². The molecule has 3 aromatic rings. The molecule has 3 rings (SSSR count). The van der Waals surface area contributed by atoms with Crippen molar-refractivity contribution in [3.8, 4) is 10.8 Å². The molecule has 7 nitrogen and oxygen atoms in total. The van der Waals surface area contributed by atoms with E-state index in [9.17, 15) is 4.79 Å². The first kappa shape index (κ1) is 11.6. The van der Waals surface area contributed by atoms with Crippen molar-refractivity contribution in [3.05, 3.63) is 41.4 Å². The van der Waals surface area contributed by atoms with E-state index in [-0.39, 0.29) is 5.69 Å². The van der Waals surface area contributed by atoms with Crippen LogP contribution in [-0.2, 0) is 6.54 Å². The maximum Gasteiger partial charge on any atom is 0.358 e. The van der Waals surface area contributed by atoms with Gasteiger partial charge in [-0.25, -0.2) is 14.5 Å². The maximum atomic E-state index is 10.7. The number of rotatable bonds is 4. The zero-order valence-electron chi connectivity index (χ0n) is 9.55. The molecular formula is C11H8N4O3S. The first-order chi connectivity index (χ1) is 9.22. The Morgan fingerprint density at radius 1 is 1.53 bits per heavy atom. The molecule has 0 saturated heterocycles. The molecule has 0 saturated carbocycles. The smallest absolute Gasteiger partial charge is 0.358 e. The van der Waals surface area contributed by atoms with E-state index < -0.39 is 5.97 Å². The van der Waals surface area contributed by atoms with Crippen LogP contribution < -0.4 is 0 Å². The average molecular weight is 276 g/mol. The van der Waals surface area contributed by atoms with Gasteiger partial charge in [0.25, 0.3) is 0 Å². The van der Waals surface area contributed by atoms with Crippen LogP contribution in [0.25, 0.3) is 10.8 Å². The van der Waals surface area contributed by atoms with E-state index in [0.717, 1.165) is 4.88 Å². The number of aromatic nitrogens is 4. The quantitative estimate of drug-likeness (QED) is 0.780. The Labute approximate surface area is 111 Å². The minimum atomic E-state index is -1.11. The zero-order chi connectivity index (χ0) is 13.2. The second kappa shape index (κ2) is 4.65. The van der Waals surface area contributed by atoms with Gasteiger partial charge in [-0.15, -0.1) is 16.4 Å². The molecule has 96 valence electrons. The molecule has 0 radical (unpaired) electrons. The van der Waals surface area contributed by atoms with E-state index in [0.29, 0.717) is 18.1 Å². The fraction of sp³-hybridized carbons (Fsp3) is 0.0909. The van der Waals surface area contributed by atoms with E-state index in [4.69, 9.17) is 9.52 Å². The molecule has 0 spiro atoms. The summed E-state index contributed by atoms with van der Waals surface area (Å²) in [4.78, 5) is 15.9. The average Bonchev–Trinajstić information content (AvgIpc) is 3.09. The highest BCUT2D eigenvalue weighted by atomic mass is 32.1. The number of carboxylic acid groups (broad SMARTS) is 1. The molecule has 1 N–H and O–H groups in total. The minimum Gasteiger partial charge on any atom is -0.476 e. The van der Waals surface area contributed by atoms with Gasteiger partial charge in [0.2, 0.25) is 5.89 Å². The van der Waals surface area contributed by atoms with Gasteiger partial charge in [-0.3, -0.25) is 0 Å². The Morgan fingerprint density at radius 3 is 3.11 bits per heavy atom. The van der Waals surface area contributed by atoms with Crippen molar-refractivity contribution in [2.45, 2.75) is 6.54 Å². The van der Waals surface area contributed by atoms with Gasteiger partial charge in [-0.2, -0.15) is 0 Å².